The summed E-state index contributed by atoms with van der Waals surface area (Å²) >= 11 is 13.9. The summed E-state index contributed by atoms with van der Waals surface area (Å²) in [5.74, 6) is 1.72. The number of benzene rings is 2. The van der Waals surface area contributed by atoms with Crippen molar-refractivity contribution in [1.29, 1.82) is 0 Å². The average Bonchev–Trinajstić information content (AvgIpc) is 3.23. The number of ether oxygens (including phenoxy) is 2. The number of esters is 1. The SMILES string of the molecule is CCCSc1nc2n(n1)C(c1cccc(OCc3ccc(Cl)cc3Cl)c1)C(C(=O)OC(C)C)=C(C)N2. The Balaban J connectivity index is 1.69. The van der Waals surface area contributed by atoms with E-state index < -0.39 is 12.0 Å². The van der Waals surface area contributed by atoms with Crippen LogP contribution in [0.1, 0.15) is 51.3 Å². The third-order valence-corrected chi connectivity index (χ3v) is 7.04. The zero-order chi connectivity index (χ0) is 25.8. The lowest BCUT2D eigenvalue weighted by Gasteiger charge is -2.28. The largest absolute Gasteiger partial charge is 0.489 e. The first-order valence-corrected chi connectivity index (χ1v) is 13.5. The van der Waals surface area contributed by atoms with Crippen LogP contribution in [0.3, 0.4) is 0 Å². The molecular formula is C26H28Cl2N4O3S. The first-order valence-electron chi connectivity index (χ1n) is 11.7. The summed E-state index contributed by atoms with van der Waals surface area (Å²) in [6.07, 6.45) is 0.746. The van der Waals surface area contributed by atoms with Crippen LogP contribution in [0.2, 0.25) is 10.0 Å². The van der Waals surface area contributed by atoms with Gasteiger partial charge in [-0.05, 0) is 57.0 Å². The zero-order valence-electron chi connectivity index (χ0n) is 20.5. The number of fused-ring (bicyclic) bond motifs is 1. The highest BCUT2D eigenvalue weighted by molar-refractivity contribution is 7.99. The molecule has 1 atom stereocenters. The number of thioether (sulfide) groups is 1. The normalized spacial score (nSPS) is 15.0. The van der Waals surface area contributed by atoms with E-state index in [2.05, 4.69) is 17.2 Å². The van der Waals surface area contributed by atoms with Crippen LogP contribution in [0.4, 0.5) is 5.95 Å². The number of nitrogens with zero attached hydrogens (tertiary/aromatic N) is 3. The molecule has 1 aliphatic heterocycles. The molecule has 0 amide bonds. The Morgan fingerprint density at radius 3 is 2.75 bits per heavy atom. The van der Waals surface area contributed by atoms with Crippen LogP contribution in [-0.4, -0.2) is 32.6 Å². The summed E-state index contributed by atoms with van der Waals surface area (Å²) in [4.78, 5) is 17.9. The monoisotopic (exact) mass is 546 g/mol. The van der Waals surface area contributed by atoms with Gasteiger partial charge in [0.1, 0.15) is 18.4 Å². The minimum absolute atomic E-state index is 0.259. The number of hydrogen-bond acceptors (Lipinski definition) is 7. The molecule has 0 spiro atoms. The molecule has 190 valence electrons. The van der Waals surface area contributed by atoms with Gasteiger partial charge in [-0.25, -0.2) is 9.48 Å². The van der Waals surface area contributed by atoms with Gasteiger partial charge in [0.25, 0.3) is 0 Å². The molecule has 10 heteroatoms. The second-order valence-corrected chi connectivity index (χ2v) is 10.5. The van der Waals surface area contributed by atoms with Crippen LogP contribution < -0.4 is 10.1 Å². The summed E-state index contributed by atoms with van der Waals surface area (Å²) in [6.45, 7) is 7.89. The van der Waals surface area contributed by atoms with Gasteiger partial charge in [-0.2, -0.15) is 4.98 Å². The lowest BCUT2D eigenvalue weighted by molar-refractivity contribution is -0.143. The number of carbonyl (C=O) groups is 1. The van der Waals surface area contributed by atoms with Crippen molar-refractivity contribution in [2.75, 3.05) is 11.1 Å². The second kappa shape index (κ2) is 11.6. The number of anilines is 1. The highest BCUT2D eigenvalue weighted by Crippen LogP contribution is 2.38. The Kier molecular flexibility index (Phi) is 8.49. The smallest absolute Gasteiger partial charge is 0.338 e. The fourth-order valence-corrected chi connectivity index (χ4v) is 4.96. The van der Waals surface area contributed by atoms with E-state index in [1.165, 1.54) is 0 Å². The standard InChI is InChI=1S/C26H28Cl2N4O3S/c1-5-11-36-26-30-25-29-16(4)22(24(33)35-15(2)3)23(32(25)31-26)17-7-6-8-20(12-17)34-14-18-9-10-19(27)13-21(18)28/h6-10,12-13,15,23H,5,11,14H2,1-4H3,(H,29,30,31). The fourth-order valence-electron chi connectivity index (χ4n) is 3.81. The molecule has 3 aromatic rings. The van der Waals surface area contributed by atoms with Crippen molar-refractivity contribution in [1.82, 2.24) is 14.8 Å². The van der Waals surface area contributed by atoms with Crippen molar-refractivity contribution in [2.24, 2.45) is 0 Å². The van der Waals surface area contributed by atoms with Crippen molar-refractivity contribution in [2.45, 2.75) is 58.0 Å². The average molecular weight is 548 g/mol. The first-order chi connectivity index (χ1) is 17.3. The summed E-state index contributed by atoms with van der Waals surface area (Å²) < 4.78 is 13.4. The van der Waals surface area contributed by atoms with Gasteiger partial charge in [-0.3, -0.25) is 0 Å². The van der Waals surface area contributed by atoms with E-state index in [4.69, 9.17) is 37.8 Å². The molecule has 1 N–H and O–H groups in total. The molecule has 0 radical (unpaired) electrons. The van der Waals surface area contributed by atoms with E-state index in [-0.39, 0.29) is 12.7 Å². The molecule has 0 bridgehead atoms. The maximum Gasteiger partial charge on any atom is 0.338 e. The minimum atomic E-state index is -0.529. The first kappa shape index (κ1) is 26.4. The van der Waals surface area contributed by atoms with E-state index >= 15 is 0 Å². The van der Waals surface area contributed by atoms with Gasteiger partial charge in [0.2, 0.25) is 11.1 Å². The molecule has 0 saturated carbocycles. The molecule has 0 saturated heterocycles. The Labute approximate surface area is 225 Å². The Hall–Kier alpha value is -2.68. The highest BCUT2D eigenvalue weighted by atomic mass is 35.5. The van der Waals surface area contributed by atoms with Gasteiger partial charge in [-0.1, -0.05) is 60.1 Å². The molecule has 36 heavy (non-hydrogen) atoms. The van der Waals surface area contributed by atoms with Gasteiger partial charge in [0.15, 0.2) is 0 Å². The molecule has 0 fully saturated rings. The third-order valence-electron chi connectivity index (χ3n) is 5.41. The summed E-state index contributed by atoms with van der Waals surface area (Å²) in [5.41, 5.74) is 2.80. The number of aromatic nitrogens is 3. The van der Waals surface area contributed by atoms with Gasteiger partial charge < -0.3 is 14.8 Å². The van der Waals surface area contributed by atoms with Crippen LogP contribution >= 0.6 is 35.0 Å². The number of nitrogens with one attached hydrogen (secondary N) is 1. The van der Waals surface area contributed by atoms with Gasteiger partial charge in [-0.15, -0.1) is 5.10 Å². The van der Waals surface area contributed by atoms with E-state index in [1.54, 1.807) is 28.6 Å². The quantitative estimate of drug-likeness (QED) is 0.231. The van der Waals surface area contributed by atoms with Crippen LogP contribution in [0.5, 0.6) is 5.75 Å². The molecule has 4 rings (SSSR count). The fraction of sp³-hybridized carbons (Fsp3) is 0.346. The predicted octanol–water partition coefficient (Wildman–Crippen LogP) is 6.91. The lowest BCUT2D eigenvalue weighted by atomic mass is 9.95. The number of hydrogen-bond donors (Lipinski definition) is 1. The minimum Gasteiger partial charge on any atom is -0.489 e. The van der Waals surface area contributed by atoms with Crippen molar-refractivity contribution >= 4 is 46.9 Å². The van der Waals surface area contributed by atoms with Crippen molar-refractivity contribution in [3.63, 3.8) is 0 Å². The van der Waals surface area contributed by atoms with Crippen molar-refractivity contribution < 1.29 is 14.3 Å². The molecular weight excluding hydrogens is 519 g/mol. The Morgan fingerprint density at radius 2 is 2.03 bits per heavy atom. The second-order valence-electron chi connectivity index (χ2n) is 8.63. The Bertz CT molecular complexity index is 1290. The number of allylic oxidation sites excluding steroid dienone is 1. The number of rotatable bonds is 9. The van der Waals surface area contributed by atoms with Crippen LogP contribution in [0.25, 0.3) is 0 Å². The lowest BCUT2D eigenvalue weighted by Crippen LogP contribution is -2.30. The van der Waals surface area contributed by atoms with Gasteiger partial charge >= 0.3 is 5.97 Å². The van der Waals surface area contributed by atoms with Crippen molar-refractivity contribution in [3.05, 3.63) is 74.9 Å². The van der Waals surface area contributed by atoms with Crippen LogP contribution in [0.15, 0.2) is 58.9 Å². The number of halogens is 2. The van der Waals surface area contributed by atoms with Crippen LogP contribution in [0, 0.1) is 0 Å². The molecule has 1 aromatic heterocycles. The third kappa shape index (κ3) is 5.99. The van der Waals surface area contributed by atoms with Gasteiger partial charge in [0, 0.05) is 27.1 Å². The molecule has 2 heterocycles. The predicted molar refractivity (Wildman–Crippen MR) is 144 cm³/mol. The summed E-state index contributed by atoms with van der Waals surface area (Å²) in [6, 6.07) is 12.4. The van der Waals surface area contributed by atoms with E-state index in [1.807, 2.05) is 51.1 Å². The Morgan fingerprint density at radius 1 is 1.22 bits per heavy atom. The zero-order valence-corrected chi connectivity index (χ0v) is 22.9. The molecule has 1 unspecified atom stereocenters. The highest BCUT2D eigenvalue weighted by Gasteiger charge is 2.35. The summed E-state index contributed by atoms with van der Waals surface area (Å²) in [7, 11) is 0. The van der Waals surface area contributed by atoms with E-state index in [0.29, 0.717) is 38.2 Å². The van der Waals surface area contributed by atoms with Crippen LogP contribution in [-0.2, 0) is 16.1 Å². The molecule has 0 aliphatic carbocycles. The summed E-state index contributed by atoms with van der Waals surface area (Å²) in [5, 5.41) is 9.72. The maximum atomic E-state index is 13.2. The maximum absolute atomic E-state index is 13.2. The molecule has 7 nitrogen and oxygen atoms in total. The topological polar surface area (TPSA) is 78.3 Å². The van der Waals surface area contributed by atoms with E-state index in [0.717, 1.165) is 23.3 Å². The van der Waals surface area contributed by atoms with Gasteiger partial charge in [0.05, 0.1) is 11.7 Å². The van der Waals surface area contributed by atoms with Crippen molar-refractivity contribution in [3.8, 4) is 5.75 Å². The van der Waals surface area contributed by atoms with E-state index in [9.17, 15) is 4.79 Å². The molecule has 1 aliphatic rings. The molecule has 2 aromatic carbocycles. The number of carbonyl (C=O) groups excluding carboxylic acids is 1.